The molecular weight excluding hydrogens is 276 g/mol. The van der Waals surface area contributed by atoms with Crippen LogP contribution >= 0.6 is 15.9 Å². The van der Waals surface area contributed by atoms with Gasteiger partial charge in [-0.1, -0.05) is 25.5 Å². The van der Waals surface area contributed by atoms with Gasteiger partial charge in [-0.25, -0.2) is 0 Å². The third-order valence-electron chi connectivity index (χ3n) is 3.57. The Labute approximate surface area is 112 Å². The molecule has 2 nitrogen and oxygen atoms in total. The lowest BCUT2D eigenvalue weighted by atomic mass is 10.0. The molecule has 0 aliphatic carbocycles. The fourth-order valence-electron chi connectivity index (χ4n) is 2.66. The van der Waals surface area contributed by atoms with Gasteiger partial charge in [0.15, 0.2) is 0 Å². The number of nitrogens with zero attached hydrogens (tertiary/aromatic N) is 1. The summed E-state index contributed by atoms with van der Waals surface area (Å²) in [6.07, 6.45) is 4.03. The number of nitrogen functional groups attached to an aromatic ring is 1. The third kappa shape index (κ3) is 3.23. The fourth-order valence-corrected chi connectivity index (χ4v) is 3.05. The predicted octanol–water partition coefficient (Wildman–Crippen LogP) is 3.65. The van der Waals surface area contributed by atoms with E-state index in [-0.39, 0.29) is 0 Å². The highest BCUT2D eigenvalue weighted by atomic mass is 79.9. The Bertz CT molecular complexity index is 378. The van der Waals surface area contributed by atoms with Crippen molar-refractivity contribution in [1.29, 1.82) is 0 Å². The predicted molar refractivity (Wildman–Crippen MR) is 76.8 cm³/mol. The van der Waals surface area contributed by atoms with E-state index >= 15 is 0 Å². The molecule has 1 aliphatic rings. The second kappa shape index (κ2) is 5.87. The quantitative estimate of drug-likeness (QED) is 0.860. The molecule has 1 atom stereocenters. The molecule has 0 bridgehead atoms. The summed E-state index contributed by atoms with van der Waals surface area (Å²) in [6.45, 7) is 5.77. The minimum absolute atomic E-state index is 0.840. The fraction of sp³-hybridized carbons (Fsp3) is 0.571. The van der Waals surface area contributed by atoms with Crippen LogP contribution in [0.15, 0.2) is 22.7 Å². The van der Waals surface area contributed by atoms with Crippen molar-refractivity contribution in [1.82, 2.24) is 4.90 Å². The molecule has 3 heteroatoms. The average Bonchev–Trinajstić information content (AvgIpc) is 2.73. The Morgan fingerprint density at radius 1 is 1.47 bits per heavy atom. The highest BCUT2D eigenvalue weighted by molar-refractivity contribution is 9.10. The topological polar surface area (TPSA) is 29.3 Å². The van der Waals surface area contributed by atoms with Gasteiger partial charge in [0.1, 0.15) is 0 Å². The smallest absolute Gasteiger partial charge is 0.0461 e. The molecule has 1 saturated heterocycles. The van der Waals surface area contributed by atoms with Crippen LogP contribution in [0.25, 0.3) is 0 Å². The first-order valence-corrected chi connectivity index (χ1v) is 7.25. The molecular formula is C14H21BrN2. The summed E-state index contributed by atoms with van der Waals surface area (Å²) in [5.74, 6) is 0.903. The van der Waals surface area contributed by atoms with Crippen molar-refractivity contribution >= 4 is 21.6 Å². The van der Waals surface area contributed by atoms with Crippen LogP contribution in [0.4, 0.5) is 5.69 Å². The zero-order chi connectivity index (χ0) is 12.3. The summed E-state index contributed by atoms with van der Waals surface area (Å²) >= 11 is 3.58. The molecule has 0 aromatic heterocycles. The molecule has 2 rings (SSSR count). The molecule has 1 unspecified atom stereocenters. The Hall–Kier alpha value is -0.540. The maximum atomic E-state index is 5.90. The number of hydrogen-bond acceptors (Lipinski definition) is 2. The average molecular weight is 297 g/mol. The normalized spacial score (nSPS) is 20.9. The van der Waals surface area contributed by atoms with Gasteiger partial charge in [0.25, 0.3) is 0 Å². The van der Waals surface area contributed by atoms with E-state index < -0.39 is 0 Å². The van der Waals surface area contributed by atoms with E-state index in [0.717, 1.165) is 22.6 Å². The Kier molecular flexibility index (Phi) is 4.46. The molecule has 0 radical (unpaired) electrons. The molecule has 1 fully saturated rings. The van der Waals surface area contributed by atoms with Crippen LogP contribution in [0.1, 0.15) is 31.7 Å². The molecule has 0 saturated carbocycles. The maximum absolute atomic E-state index is 5.90. The molecule has 0 amide bonds. The summed E-state index contributed by atoms with van der Waals surface area (Å²) < 4.78 is 1.07. The van der Waals surface area contributed by atoms with E-state index in [2.05, 4.69) is 33.8 Å². The number of halogens is 1. The Balaban J connectivity index is 1.96. The van der Waals surface area contributed by atoms with E-state index in [9.17, 15) is 0 Å². The zero-order valence-electron chi connectivity index (χ0n) is 10.5. The van der Waals surface area contributed by atoms with E-state index in [0.29, 0.717) is 0 Å². The highest BCUT2D eigenvalue weighted by Gasteiger charge is 2.22. The zero-order valence-corrected chi connectivity index (χ0v) is 12.0. The van der Waals surface area contributed by atoms with E-state index in [1.165, 1.54) is 37.9 Å². The van der Waals surface area contributed by atoms with Gasteiger partial charge in [-0.15, -0.1) is 0 Å². The Morgan fingerprint density at radius 2 is 2.29 bits per heavy atom. The lowest BCUT2D eigenvalue weighted by Crippen LogP contribution is -2.20. The molecule has 94 valence electrons. The van der Waals surface area contributed by atoms with Crippen LogP contribution in [-0.4, -0.2) is 18.0 Å². The minimum Gasteiger partial charge on any atom is -0.398 e. The maximum Gasteiger partial charge on any atom is 0.0461 e. The number of likely N-dealkylation sites (tertiary alicyclic amines) is 1. The molecule has 1 heterocycles. The third-order valence-corrected chi connectivity index (χ3v) is 4.54. The van der Waals surface area contributed by atoms with Gasteiger partial charge in [-0.05, 0) is 52.9 Å². The van der Waals surface area contributed by atoms with Crippen molar-refractivity contribution in [3.05, 3.63) is 28.2 Å². The largest absolute Gasteiger partial charge is 0.398 e. The molecule has 0 spiro atoms. The van der Waals surface area contributed by atoms with Crippen LogP contribution in [0.3, 0.4) is 0 Å². The van der Waals surface area contributed by atoms with Crippen molar-refractivity contribution in [2.45, 2.75) is 32.7 Å². The van der Waals surface area contributed by atoms with Crippen LogP contribution in [0, 0.1) is 5.92 Å². The summed E-state index contributed by atoms with van der Waals surface area (Å²) in [4.78, 5) is 2.54. The van der Waals surface area contributed by atoms with E-state index in [1.54, 1.807) is 0 Å². The van der Waals surface area contributed by atoms with Crippen LogP contribution < -0.4 is 5.73 Å². The Morgan fingerprint density at radius 3 is 3.06 bits per heavy atom. The van der Waals surface area contributed by atoms with Crippen molar-refractivity contribution in [2.24, 2.45) is 5.92 Å². The van der Waals surface area contributed by atoms with Crippen LogP contribution in [-0.2, 0) is 6.54 Å². The van der Waals surface area contributed by atoms with Crippen molar-refractivity contribution in [3.8, 4) is 0 Å². The molecule has 1 aliphatic heterocycles. The molecule has 2 N–H and O–H groups in total. The first-order chi connectivity index (χ1) is 8.20. The number of anilines is 1. The van der Waals surface area contributed by atoms with E-state index in [4.69, 9.17) is 5.73 Å². The minimum atomic E-state index is 0.840. The number of rotatable bonds is 4. The summed E-state index contributed by atoms with van der Waals surface area (Å²) in [5.41, 5.74) is 8.05. The lowest BCUT2D eigenvalue weighted by molar-refractivity contribution is 0.312. The number of nitrogens with two attached hydrogens (primary N) is 1. The van der Waals surface area contributed by atoms with Gasteiger partial charge in [0, 0.05) is 23.2 Å². The highest BCUT2D eigenvalue weighted by Crippen LogP contribution is 2.28. The second-order valence-electron chi connectivity index (χ2n) is 5.00. The van der Waals surface area contributed by atoms with Gasteiger partial charge in [0.2, 0.25) is 0 Å². The van der Waals surface area contributed by atoms with Crippen molar-refractivity contribution in [2.75, 3.05) is 18.8 Å². The van der Waals surface area contributed by atoms with Gasteiger partial charge < -0.3 is 5.73 Å². The van der Waals surface area contributed by atoms with Crippen molar-refractivity contribution in [3.63, 3.8) is 0 Å². The van der Waals surface area contributed by atoms with Gasteiger partial charge >= 0.3 is 0 Å². The lowest BCUT2D eigenvalue weighted by Gasteiger charge is -2.17. The van der Waals surface area contributed by atoms with Crippen LogP contribution in [0.5, 0.6) is 0 Å². The molecule has 17 heavy (non-hydrogen) atoms. The number of benzene rings is 1. The van der Waals surface area contributed by atoms with E-state index in [1.807, 2.05) is 12.1 Å². The molecule has 1 aromatic rings. The SMILES string of the molecule is CCCC1CCN(Cc2cccc(N)c2Br)C1. The van der Waals surface area contributed by atoms with Crippen molar-refractivity contribution < 1.29 is 0 Å². The van der Waals surface area contributed by atoms with Gasteiger partial charge in [-0.2, -0.15) is 0 Å². The summed E-state index contributed by atoms with van der Waals surface area (Å²) in [7, 11) is 0. The second-order valence-corrected chi connectivity index (χ2v) is 5.79. The van der Waals surface area contributed by atoms with Crippen LogP contribution in [0.2, 0.25) is 0 Å². The monoisotopic (exact) mass is 296 g/mol. The first kappa shape index (κ1) is 12.9. The first-order valence-electron chi connectivity index (χ1n) is 6.46. The van der Waals surface area contributed by atoms with Gasteiger partial charge in [-0.3, -0.25) is 4.90 Å². The molecule has 1 aromatic carbocycles. The summed E-state index contributed by atoms with van der Waals surface area (Å²) in [5, 5.41) is 0. The summed E-state index contributed by atoms with van der Waals surface area (Å²) in [6, 6.07) is 6.14. The standard InChI is InChI=1S/C14H21BrN2/c1-2-4-11-7-8-17(9-11)10-12-5-3-6-13(16)14(12)15/h3,5-6,11H,2,4,7-10,16H2,1H3. The number of hydrogen-bond donors (Lipinski definition) is 1. The van der Waals surface area contributed by atoms with Gasteiger partial charge in [0.05, 0.1) is 0 Å².